The lowest BCUT2D eigenvalue weighted by molar-refractivity contribution is -0.129. The molecule has 1 saturated carbocycles. The van der Waals surface area contributed by atoms with Crippen LogP contribution in [-0.4, -0.2) is 56.0 Å². The molecule has 1 amide bonds. The molecule has 1 aliphatic carbocycles. The molecule has 1 aliphatic heterocycles. The number of aromatic nitrogens is 5. The van der Waals surface area contributed by atoms with E-state index in [0.717, 1.165) is 23.9 Å². The number of aromatic amines is 1. The second-order valence-corrected chi connectivity index (χ2v) is 7.10. The van der Waals surface area contributed by atoms with E-state index < -0.39 is 0 Å². The van der Waals surface area contributed by atoms with Crippen LogP contribution in [0.5, 0.6) is 0 Å². The van der Waals surface area contributed by atoms with E-state index in [9.17, 15) is 4.79 Å². The molecule has 4 rings (SSSR count). The van der Waals surface area contributed by atoms with Crippen LogP contribution < -0.4 is 0 Å². The summed E-state index contributed by atoms with van der Waals surface area (Å²) in [5.74, 6) is 3.09. The topological polar surface area (TPSA) is 88.9 Å². The molecule has 134 valence electrons. The van der Waals surface area contributed by atoms with Gasteiger partial charge in [-0.05, 0) is 30.7 Å². The van der Waals surface area contributed by atoms with Crippen molar-refractivity contribution < 1.29 is 9.53 Å². The van der Waals surface area contributed by atoms with Crippen LogP contribution in [0.15, 0.2) is 12.3 Å². The fourth-order valence-corrected chi connectivity index (χ4v) is 3.83. The average molecular weight is 344 g/mol. The van der Waals surface area contributed by atoms with E-state index in [-0.39, 0.29) is 11.8 Å². The van der Waals surface area contributed by atoms with Crippen molar-refractivity contribution in [2.75, 3.05) is 20.2 Å². The number of amides is 1. The van der Waals surface area contributed by atoms with Gasteiger partial charge in [-0.3, -0.25) is 14.6 Å². The van der Waals surface area contributed by atoms with E-state index >= 15 is 0 Å². The van der Waals surface area contributed by atoms with Crippen molar-refractivity contribution >= 4 is 5.91 Å². The molecule has 0 aromatic carbocycles. The third kappa shape index (κ3) is 3.30. The number of carbonyl (C=O) groups is 1. The van der Waals surface area contributed by atoms with Gasteiger partial charge in [0.05, 0.1) is 6.42 Å². The highest BCUT2D eigenvalue weighted by Gasteiger charge is 2.45. The summed E-state index contributed by atoms with van der Waals surface area (Å²) in [7, 11) is 3.51. The van der Waals surface area contributed by atoms with Gasteiger partial charge in [-0.2, -0.15) is 10.2 Å². The normalized spacial score (nSPS) is 23.4. The maximum absolute atomic E-state index is 12.8. The molecule has 2 aromatic rings. The van der Waals surface area contributed by atoms with Gasteiger partial charge in [0.2, 0.25) is 5.91 Å². The quantitative estimate of drug-likeness (QED) is 0.840. The van der Waals surface area contributed by atoms with Gasteiger partial charge >= 0.3 is 0 Å². The second kappa shape index (κ2) is 6.59. The Morgan fingerprint density at radius 3 is 2.92 bits per heavy atom. The predicted octanol–water partition coefficient (Wildman–Crippen LogP) is 0.879. The summed E-state index contributed by atoms with van der Waals surface area (Å²) < 4.78 is 6.87. The number of likely N-dealkylation sites (tertiary alicyclic amines) is 1. The molecular formula is C17H24N6O2. The summed E-state index contributed by atoms with van der Waals surface area (Å²) in [6.07, 6.45) is 4.62. The van der Waals surface area contributed by atoms with Crippen molar-refractivity contribution in [2.24, 2.45) is 18.9 Å². The fraction of sp³-hybridized carbons (Fsp3) is 0.647. The number of nitrogens with zero attached hydrogens (tertiary/aromatic N) is 5. The molecule has 0 radical (unpaired) electrons. The average Bonchev–Trinajstić information content (AvgIpc) is 2.99. The van der Waals surface area contributed by atoms with Crippen LogP contribution in [-0.2, 0) is 29.6 Å². The number of hydrogen-bond acceptors (Lipinski definition) is 5. The lowest BCUT2D eigenvalue weighted by atomic mass is 9.91. The second-order valence-electron chi connectivity index (χ2n) is 7.10. The molecule has 2 aromatic heterocycles. The van der Waals surface area contributed by atoms with Crippen molar-refractivity contribution in [3.63, 3.8) is 0 Å². The monoisotopic (exact) mass is 344 g/mol. The third-order valence-corrected chi connectivity index (χ3v) is 5.36. The lowest BCUT2D eigenvalue weighted by Gasteiger charge is -2.16. The molecule has 2 atom stereocenters. The molecule has 1 N–H and O–H groups in total. The van der Waals surface area contributed by atoms with Gasteiger partial charge in [-0.25, -0.2) is 4.98 Å². The Kier molecular flexibility index (Phi) is 4.29. The molecule has 25 heavy (non-hydrogen) atoms. The number of carbonyl (C=O) groups excluding carboxylic acids is 1. The maximum atomic E-state index is 12.8. The number of hydrogen-bond donors (Lipinski definition) is 1. The highest BCUT2D eigenvalue weighted by molar-refractivity contribution is 5.78. The summed E-state index contributed by atoms with van der Waals surface area (Å²) >= 11 is 0. The Bertz CT molecular complexity index is 750. The molecule has 0 bridgehead atoms. The van der Waals surface area contributed by atoms with Crippen LogP contribution in [0.4, 0.5) is 0 Å². The van der Waals surface area contributed by atoms with E-state index in [4.69, 9.17) is 4.74 Å². The first-order valence-corrected chi connectivity index (χ1v) is 8.80. The Hall–Kier alpha value is -2.22. The van der Waals surface area contributed by atoms with Crippen molar-refractivity contribution in [1.82, 2.24) is 29.9 Å². The summed E-state index contributed by atoms with van der Waals surface area (Å²) in [4.78, 5) is 19.3. The number of aryl methyl sites for hydroxylation is 1. The molecule has 1 saturated heterocycles. The van der Waals surface area contributed by atoms with Crippen LogP contribution in [0, 0.1) is 11.8 Å². The maximum Gasteiger partial charge on any atom is 0.228 e. The van der Waals surface area contributed by atoms with E-state index in [1.165, 1.54) is 12.8 Å². The largest absolute Gasteiger partial charge is 0.377 e. The highest BCUT2D eigenvalue weighted by atomic mass is 16.5. The number of ether oxygens (including phenoxy) is 1. The van der Waals surface area contributed by atoms with Crippen LogP contribution in [0.3, 0.4) is 0 Å². The first-order chi connectivity index (χ1) is 12.2. The highest BCUT2D eigenvalue weighted by Crippen LogP contribution is 2.47. The zero-order valence-electron chi connectivity index (χ0n) is 14.7. The fourth-order valence-electron chi connectivity index (χ4n) is 3.83. The molecule has 0 spiro atoms. The molecule has 2 aliphatic rings. The number of rotatable bonds is 6. The minimum absolute atomic E-state index is 0.157. The first-order valence-electron chi connectivity index (χ1n) is 8.80. The summed E-state index contributed by atoms with van der Waals surface area (Å²) in [5, 5.41) is 11.5. The van der Waals surface area contributed by atoms with Gasteiger partial charge in [0.25, 0.3) is 0 Å². The number of methoxy groups -OCH3 is 1. The van der Waals surface area contributed by atoms with Crippen LogP contribution in [0.2, 0.25) is 0 Å². The van der Waals surface area contributed by atoms with E-state index in [2.05, 4.69) is 20.3 Å². The minimum atomic E-state index is 0.157. The van der Waals surface area contributed by atoms with Gasteiger partial charge in [-0.15, -0.1) is 0 Å². The molecule has 3 heterocycles. The van der Waals surface area contributed by atoms with Crippen molar-refractivity contribution in [3.8, 4) is 0 Å². The first kappa shape index (κ1) is 16.3. The Morgan fingerprint density at radius 1 is 1.40 bits per heavy atom. The Morgan fingerprint density at radius 2 is 2.24 bits per heavy atom. The standard InChI is InChI=1S/C17H24N6O2/c1-22-12(5-6-18-22)7-16(24)23-8-13(11-3-4-11)14(9-23)17-19-15(10-25-2)20-21-17/h5-6,11,13-14H,3-4,7-10H2,1-2H3,(H,19,20,21)/t13-,14+/m1/s1. The molecule has 8 heteroatoms. The summed E-state index contributed by atoms with van der Waals surface area (Å²) in [6, 6.07) is 1.90. The predicted molar refractivity (Wildman–Crippen MR) is 89.5 cm³/mol. The van der Waals surface area contributed by atoms with Crippen molar-refractivity contribution in [2.45, 2.75) is 31.8 Å². The van der Waals surface area contributed by atoms with Crippen LogP contribution >= 0.6 is 0 Å². The van der Waals surface area contributed by atoms with Gasteiger partial charge in [-0.1, -0.05) is 0 Å². The number of H-pyrrole nitrogens is 1. The molecular weight excluding hydrogens is 320 g/mol. The Labute approximate surface area is 146 Å². The zero-order chi connectivity index (χ0) is 17.4. The minimum Gasteiger partial charge on any atom is -0.377 e. The Balaban J connectivity index is 1.48. The summed E-state index contributed by atoms with van der Waals surface area (Å²) in [5.41, 5.74) is 0.941. The van der Waals surface area contributed by atoms with Crippen molar-refractivity contribution in [1.29, 1.82) is 0 Å². The zero-order valence-corrected chi connectivity index (χ0v) is 14.7. The van der Waals surface area contributed by atoms with E-state index in [1.54, 1.807) is 18.0 Å². The van der Waals surface area contributed by atoms with Gasteiger partial charge in [0.1, 0.15) is 6.61 Å². The molecule has 8 nitrogen and oxygen atoms in total. The van der Waals surface area contributed by atoms with Gasteiger partial charge in [0, 0.05) is 45.1 Å². The molecule has 2 fully saturated rings. The smallest absolute Gasteiger partial charge is 0.228 e. The van der Waals surface area contributed by atoms with Crippen LogP contribution in [0.1, 0.15) is 36.1 Å². The van der Waals surface area contributed by atoms with E-state index in [1.807, 2.05) is 18.0 Å². The molecule has 0 unspecified atom stereocenters. The SMILES string of the molecule is COCc1nc([C@H]2CN(C(=O)Cc3ccnn3C)C[C@@H]2C2CC2)n[nH]1. The van der Waals surface area contributed by atoms with Gasteiger partial charge in [0.15, 0.2) is 11.6 Å². The third-order valence-electron chi connectivity index (χ3n) is 5.36. The lowest BCUT2D eigenvalue weighted by Crippen LogP contribution is -2.31. The van der Waals surface area contributed by atoms with Gasteiger partial charge < -0.3 is 9.64 Å². The van der Waals surface area contributed by atoms with Crippen molar-refractivity contribution in [3.05, 3.63) is 29.6 Å². The number of nitrogens with one attached hydrogen (secondary N) is 1. The van der Waals surface area contributed by atoms with E-state index in [0.29, 0.717) is 31.4 Å². The summed E-state index contributed by atoms with van der Waals surface area (Å²) in [6.45, 7) is 1.93. The van der Waals surface area contributed by atoms with Crippen LogP contribution in [0.25, 0.3) is 0 Å².